The van der Waals surface area contributed by atoms with Crippen LogP contribution in [0.2, 0.25) is 0 Å². The van der Waals surface area contributed by atoms with E-state index in [1.807, 2.05) is 0 Å². The average Bonchev–Trinajstić information content (AvgIpc) is 3.59. The average molecular weight is 490 g/mol. The Labute approximate surface area is 192 Å². The lowest BCUT2D eigenvalue weighted by Gasteiger charge is -2.13. The molecule has 0 aliphatic rings. The van der Waals surface area contributed by atoms with Crippen molar-refractivity contribution in [3.63, 3.8) is 0 Å². The zero-order valence-corrected chi connectivity index (χ0v) is 17.3. The maximum atomic E-state index is 13.2. The second kappa shape index (κ2) is 8.07. The number of benzene rings is 1. The van der Waals surface area contributed by atoms with Crippen molar-refractivity contribution < 1.29 is 26.3 Å². The van der Waals surface area contributed by atoms with Crippen LogP contribution in [0.5, 0.6) is 0 Å². The van der Waals surface area contributed by atoms with E-state index < -0.39 is 23.7 Å². The molecule has 0 bridgehead atoms. The molecule has 0 unspecified atom stereocenters. The molecule has 8 nitrogen and oxygen atoms in total. The largest absolute Gasteiger partial charge is 0.435 e. The van der Waals surface area contributed by atoms with Crippen LogP contribution in [0, 0.1) is 0 Å². The van der Waals surface area contributed by atoms with Gasteiger partial charge in [0.25, 0.3) is 0 Å². The Morgan fingerprint density at radius 2 is 1.20 bits per heavy atom. The quantitative estimate of drug-likeness (QED) is 0.340. The van der Waals surface area contributed by atoms with E-state index in [9.17, 15) is 26.3 Å². The van der Waals surface area contributed by atoms with Crippen molar-refractivity contribution in [1.82, 2.24) is 39.5 Å². The van der Waals surface area contributed by atoms with Crippen LogP contribution in [0.1, 0.15) is 11.4 Å². The Morgan fingerprint density at radius 1 is 0.657 bits per heavy atom. The smallest absolute Gasteiger partial charge is 0.265 e. The van der Waals surface area contributed by atoms with Crippen LogP contribution in [0.15, 0.2) is 73.4 Å². The number of pyridine rings is 1. The third kappa shape index (κ3) is 4.25. The van der Waals surface area contributed by atoms with Crippen molar-refractivity contribution in [2.75, 3.05) is 0 Å². The molecule has 178 valence electrons. The molecule has 0 fully saturated rings. The lowest BCUT2D eigenvalue weighted by atomic mass is 10.1. The van der Waals surface area contributed by atoms with Crippen LogP contribution < -0.4 is 0 Å². The van der Waals surface area contributed by atoms with Crippen LogP contribution in [-0.4, -0.2) is 39.5 Å². The van der Waals surface area contributed by atoms with E-state index in [0.717, 1.165) is 33.9 Å². The predicted octanol–water partition coefficient (Wildman–Crippen LogP) is 4.74. The summed E-state index contributed by atoms with van der Waals surface area (Å²) in [5.74, 6) is 0. The zero-order chi connectivity index (χ0) is 24.8. The maximum Gasteiger partial charge on any atom is 0.435 e. The second-order valence-electron chi connectivity index (χ2n) is 7.21. The number of halogens is 6. The van der Waals surface area contributed by atoms with E-state index >= 15 is 0 Å². The van der Waals surface area contributed by atoms with Crippen LogP contribution in [0.25, 0.3) is 28.3 Å². The van der Waals surface area contributed by atoms with Gasteiger partial charge in [-0.25, -0.2) is 14.0 Å². The summed E-state index contributed by atoms with van der Waals surface area (Å²) in [6.07, 6.45) is -2.62. The van der Waals surface area contributed by atoms with Crippen LogP contribution in [0.3, 0.4) is 0 Å². The topological polar surface area (TPSA) is 79.2 Å². The first-order valence-electron chi connectivity index (χ1n) is 9.84. The van der Waals surface area contributed by atoms with Crippen molar-refractivity contribution in [3.8, 4) is 28.3 Å². The zero-order valence-electron chi connectivity index (χ0n) is 17.3. The van der Waals surface area contributed by atoms with Crippen molar-refractivity contribution in [1.29, 1.82) is 0 Å². The normalized spacial score (nSPS) is 12.3. The minimum Gasteiger partial charge on any atom is -0.265 e. The monoisotopic (exact) mass is 490 g/mol. The maximum absolute atomic E-state index is 13.2. The molecule has 0 radical (unpaired) electrons. The molecule has 35 heavy (non-hydrogen) atoms. The lowest BCUT2D eigenvalue weighted by Crippen LogP contribution is -2.10. The highest BCUT2D eigenvalue weighted by atomic mass is 19.4. The number of rotatable bonds is 4. The molecule has 0 saturated heterocycles. The van der Waals surface area contributed by atoms with E-state index in [0.29, 0.717) is 5.69 Å². The highest BCUT2D eigenvalue weighted by Gasteiger charge is 2.35. The van der Waals surface area contributed by atoms with Gasteiger partial charge in [0, 0.05) is 24.8 Å². The van der Waals surface area contributed by atoms with Gasteiger partial charge in [0.15, 0.2) is 11.4 Å². The summed E-state index contributed by atoms with van der Waals surface area (Å²) < 4.78 is 82.3. The van der Waals surface area contributed by atoms with Crippen LogP contribution in [0.4, 0.5) is 26.3 Å². The molecular weight excluding hydrogens is 478 g/mol. The molecule has 14 heteroatoms. The number of hydrogen-bond acceptors (Lipinski definition) is 5. The molecule has 0 saturated carbocycles. The molecule has 0 atom stereocenters. The summed E-state index contributed by atoms with van der Waals surface area (Å²) in [7, 11) is 0. The molecule has 5 aromatic rings. The molecule has 4 heterocycles. The first-order chi connectivity index (χ1) is 16.6. The van der Waals surface area contributed by atoms with E-state index in [1.165, 1.54) is 41.5 Å². The highest BCUT2D eigenvalue weighted by molar-refractivity contribution is 5.78. The van der Waals surface area contributed by atoms with Crippen molar-refractivity contribution >= 4 is 0 Å². The molecule has 0 spiro atoms. The molecule has 0 aliphatic carbocycles. The van der Waals surface area contributed by atoms with Gasteiger partial charge >= 0.3 is 12.4 Å². The minimum absolute atomic E-state index is 0.129. The Bertz CT molecular complexity index is 1410. The third-order valence-corrected chi connectivity index (χ3v) is 4.95. The molecule has 1 aromatic carbocycles. The van der Waals surface area contributed by atoms with E-state index in [4.69, 9.17) is 0 Å². The van der Waals surface area contributed by atoms with Crippen LogP contribution in [-0.2, 0) is 12.4 Å². The molecule has 0 aliphatic heterocycles. The minimum atomic E-state index is -4.68. The second-order valence-corrected chi connectivity index (χ2v) is 7.21. The highest BCUT2D eigenvalue weighted by Crippen LogP contribution is 2.35. The fourth-order valence-corrected chi connectivity index (χ4v) is 3.39. The van der Waals surface area contributed by atoms with Gasteiger partial charge in [-0.15, -0.1) is 5.10 Å². The molecule has 0 amide bonds. The molecular formula is C21H12F6N8. The van der Waals surface area contributed by atoms with Gasteiger partial charge in [0.1, 0.15) is 5.69 Å². The number of alkyl halides is 6. The van der Waals surface area contributed by atoms with Crippen LogP contribution >= 0.6 is 0 Å². The van der Waals surface area contributed by atoms with Gasteiger partial charge in [-0.05, 0) is 36.4 Å². The SMILES string of the molecule is FC(F)(F)c1ccn(-c2cccc(-n3ccc(C(F)(F)F)n3)c2-c2cn(-c3ccncc3)nn2)n1. The summed E-state index contributed by atoms with van der Waals surface area (Å²) in [5, 5.41) is 15.4. The summed E-state index contributed by atoms with van der Waals surface area (Å²) in [4.78, 5) is 3.92. The summed E-state index contributed by atoms with van der Waals surface area (Å²) >= 11 is 0. The van der Waals surface area contributed by atoms with Crippen molar-refractivity contribution in [3.05, 3.63) is 84.8 Å². The summed E-state index contributed by atoms with van der Waals surface area (Å²) in [6, 6.07) is 9.28. The summed E-state index contributed by atoms with van der Waals surface area (Å²) in [5.41, 5.74) is -1.08. The number of nitrogens with zero attached hydrogens (tertiary/aromatic N) is 8. The van der Waals surface area contributed by atoms with Gasteiger partial charge in [-0.1, -0.05) is 11.3 Å². The fourth-order valence-electron chi connectivity index (χ4n) is 3.39. The Hall–Kier alpha value is -4.49. The van der Waals surface area contributed by atoms with E-state index in [2.05, 4.69) is 25.5 Å². The molecule has 0 N–H and O–H groups in total. The third-order valence-electron chi connectivity index (χ3n) is 4.95. The first-order valence-corrected chi connectivity index (χ1v) is 9.84. The van der Waals surface area contributed by atoms with Gasteiger partial charge in [0.2, 0.25) is 0 Å². The molecule has 5 rings (SSSR count). The van der Waals surface area contributed by atoms with Gasteiger partial charge in [0.05, 0.1) is 28.8 Å². The Kier molecular flexibility index (Phi) is 5.15. The summed E-state index contributed by atoms with van der Waals surface area (Å²) in [6.45, 7) is 0. The standard InChI is InChI=1S/C21H12F6N8/c22-20(23,24)17-6-10-33(30-17)15-2-1-3-16(34-11-7-18(31-34)21(25,26)27)19(15)14-12-35(32-29-14)13-4-8-28-9-5-13/h1-12H. The van der Waals surface area contributed by atoms with Crippen molar-refractivity contribution in [2.45, 2.75) is 12.4 Å². The van der Waals surface area contributed by atoms with Gasteiger partial charge < -0.3 is 0 Å². The van der Waals surface area contributed by atoms with Crippen molar-refractivity contribution in [2.24, 2.45) is 0 Å². The van der Waals surface area contributed by atoms with Gasteiger partial charge in [-0.2, -0.15) is 36.5 Å². The lowest BCUT2D eigenvalue weighted by molar-refractivity contribution is -0.142. The first kappa shape index (κ1) is 22.3. The Balaban J connectivity index is 1.70. The Morgan fingerprint density at radius 3 is 1.69 bits per heavy atom. The predicted molar refractivity (Wildman–Crippen MR) is 109 cm³/mol. The fraction of sp³-hybridized carbons (Fsp3) is 0.0952. The van der Waals surface area contributed by atoms with E-state index in [1.54, 1.807) is 12.1 Å². The van der Waals surface area contributed by atoms with Gasteiger partial charge in [-0.3, -0.25) is 4.98 Å². The molecule has 4 aromatic heterocycles. The number of aromatic nitrogens is 8. The van der Waals surface area contributed by atoms with E-state index in [-0.39, 0.29) is 22.6 Å². The number of hydrogen-bond donors (Lipinski definition) is 0.